The first-order chi connectivity index (χ1) is 18.2. The van der Waals surface area contributed by atoms with Crippen LogP contribution >= 0.6 is 0 Å². The van der Waals surface area contributed by atoms with E-state index in [0.29, 0.717) is 23.3 Å². The van der Waals surface area contributed by atoms with Crippen molar-refractivity contribution in [3.05, 3.63) is 118 Å². The Morgan fingerprint density at radius 3 is 1.35 bits per heavy atom. The zero-order chi connectivity index (χ0) is 25.0. The second kappa shape index (κ2) is 8.80. The third-order valence-corrected chi connectivity index (χ3v) is 9.46. The first kappa shape index (κ1) is 22.7. The Balaban J connectivity index is 1.54. The zero-order valence-corrected chi connectivity index (χ0v) is 21.3. The lowest BCUT2D eigenvalue weighted by molar-refractivity contribution is 0.460. The largest absolute Gasteiger partial charge is 0.508 e. The van der Waals surface area contributed by atoms with E-state index in [1.165, 1.54) is 59.1 Å². The molecule has 4 aromatic carbocycles. The fourth-order valence-corrected chi connectivity index (χ4v) is 7.73. The second-order valence-electron chi connectivity index (χ2n) is 11.4. The van der Waals surface area contributed by atoms with Crippen molar-refractivity contribution in [2.45, 2.75) is 68.6 Å². The molecule has 3 aliphatic rings. The van der Waals surface area contributed by atoms with Gasteiger partial charge in [0.25, 0.3) is 0 Å². The summed E-state index contributed by atoms with van der Waals surface area (Å²) in [5.74, 6) is 1.67. The van der Waals surface area contributed by atoms with Crippen molar-refractivity contribution in [2.75, 3.05) is 0 Å². The van der Waals surface area contributed by atoms with Crippen molar-refractivity contribution in [1.82, 2.24) is 0 Å². The van der Waals surface area contributed by atoms with Crippen molar-refractivity contribution in [3.63, 3.8) is 0 Å². The monoisotopic (exact) mass is 486 g/mol. The Kier molecular flexibility index (Phi) is 5.39. The highest BCUT2D eigenvalue weighted by Gasteiger charge is 2.46. The van der Waals surface area contributed by atoms with E-state index in [1.807, 2.05) is 12.1 Å². The van der Waals surface area contributed by atoms with E-state index >= 15 is 0 Å². The molecule has 0 unspecified atom stereocenters. The molecule has 2 nitrogen and oxygen atoms in total. The normalized spacial score (nSPS) is 18.7. The molecule has 0 radical (unpaired) electrons. The fourth-order valence-electron chi connectivity index (χ4n) is 7.73. The number of aromatic hydroxyl groups is 2. The molecular weight excluding hydrogens is 452 g/mol. The van der Waals surface area contributed by atoms with Gasteiger partial charge in [-0.25, -0.2) is 0 Å². The van der Waals surface area contributed by atoms with Gasteiger partial charge in [-0.1, -0.05) is 98.5 Å². The molecule has 37 heavy (non-hydrogen) atoms. The average Bonchev–Trinajstić information content (AvgIpc) is 3.70. The molecule has 0 amide bonds. The number of phenolic OH excluding ortho intramolecular Hbond substituents is 2. The molecule has 2 N–H and O–H groups in total. The summed E-state index contributed by atoms with van der Waals surface area (Å²) >= 11 is 0. The van der Waals surface area contributed by atoms with Gasteiger partial charge in [-0.15, -0.1) is 0 Å². The lowest BCUT2D eigenvalue weighted by atomic mass is 9.66. The quantitative estimate of drug-likeness (QED) is 0.266. The van der Waals surface area contributed by atoms with Gasteiger partial charge >= 0.3 is 0 Å². The molecule has 0 aromatic heterocycles. The maximum atomic E-state index is 11.0. The molecule has 186 valence electrons. The summed E-state index contributed by atoms with van der Waals surface area (Å²) in [6.45, 7) is 0. The van der Waals surface area contributed by atoms with E-state index in [9.17, 15) is 10.2 Å². The lowest BCUT2D eigenvalue weighted by Gasteiger charge is -2.35. The minimum absolute atomic E-state index is 0.415. The van der Waals surface area contributed by atoms with Crippen molar-refractivity contribution in [1.29, 1.82) is 0 Å². The van der Waals surface area contributed by atoms with E-state index in [4.69, 9.17) is 0 Å². The fraction of sp³-hybridized carbons (Fsp3) is 0.314. The van der Waals surface area contributed by atoms with Crippen molar-refractivity contribution in [2.24, 2.45) is 0 Å². The SMILES string of the molecule is Oc1ccc(C2(c3ccc(O)c(C4CCCC4)c3)c3ccccc3-c3ccccc32)cc1C1CCCC1. The Hall–Kier alpha value is -3.52. The molecule has 4 aromatic rings. The van der Waals surface area contributed by atoms with E-state index in [-0.39, 0.29) is 0 Å². The van der Waals surface area contributed by atoms with Crippen LogP contribution in [-0.4, -0.2) is 10.2 Å². The molecule has 0 atom stereocenters. The minimum atomic E-state index is -0.505. The van der Waals surface area contributed by atoms with Gasteiger partial charge < -0.3 is 10.2 Å². The summed E-state index contributed by atoms with van der Waals surface area (Å²) < 4.78 is 0. The standard InChI is InChI=1S/C35H34O2/c36-33-19-17-25(21-29(33)23-9-1-2-10-23)35(26-18-20-34(37)30(22-26)24-11-3-4-12-24)31-15-7-5-13-27(31)28-14-6-8-16-32(28)35/h5-8,13-24,36-37H,1-4,9-12H2. The summed E-state index contributed by atoms with van der Waals surface area (Å²) in [6, 6.07) is 30.3. The number of hydrogen-bond acceptors (Lipinski definition) is 2. The van der Waals surface area contributed by atoms with E-state index < -0.39 is 5.41 Å². The highest BCUT2D eigenvalue weighted by molar-refractivity contribution is 5.86. The van der Waals surface area contributed by atoms with Gasteiger partial charge in [-0.05, 0) is 94.2 Å². The van der Waals surface area contributed by atoms with Gasteiger partial charge in [0.2, 0.25) is 0 Å². The molecule has 3 aliphatic carbocycles. The first-order valence-electron chi connectivity index (χ1n) is 14.0. The van der Waals surface area contributed by atoms with E-state index in [2.05, 4.69) is 72.8 Å². The Bertz CT molecular complexity index is 1360. The van der Waals surface area contributed by atoms with Crippen LogP contribution in [0.25, 0.3) is 11.1 Å². The zero-order valence-electron chi connectivity index (χ0n) is 21.3. The van der Waals surface area contributed by atoms with Crippen LogP contribution in [0.2, 0.25) is 0 Å². The van der Waals surface area contributed by atoms with Crippen molar-refractivity contribution in [3.8, 4) is 22.6 Å². The highest BCUT2D eigenvalue weighted by Crippen LogP contribution is 2.57. The number of rotatable bonds is 4. The molecule has 0 saturated heterocycles. The van der Waals surface area contributed by atoms with Gasteiger partial charge in [0.15, 0.2) is 0 Å². The van der Waals surface area contributed by atoms with Crippen LogP contribution in [0.4, 0.5) is 0 Å². The van der Waals surface area contributed by atoms with Gasteiger partial charge in [-0.3, -0.25) is 0 Å². The summed E-state index contributed by atoms with van der Waals surface area (Å²) in [6.07, 6.45) is 9.48. The van der Waals surface area contributed by atoms with Crippen LogP contribution in [-0.2, 0) is 5.41 Å². The van der Waals surface area contributed by atoms with Crippen LogP contribution in [0.15, 0.2) is 84.9 Å². The number of fused-ring (bicyclic) bond motifs is 3. The second-order valence-corrected chi connectivity index (χ2v) is 11.4. The number of phenols is 2. The first-order valence-corrected chi connectivity index (χ1v) is 14.0. The third-order valence-electron chi connectivity index (χ3n) is 9.46. The van der Waals surface area contributed by atoms with Gasteiger partial charge in [0.1, 0.15) is 11.5 Å². The van der Waals surface area contributed by atoms with Gasteiger partial charge in [-0.2, -0.15) is 0 Å². The molecular formula is C35H34O2. The third kappa shape index (κ3) is 3.38. The van der Waals surface area contributed by atoms with E-state index in [0.717, 1.165) is 36.8 Å². The smallest absolute Gasteiger partial charge is 0.119 e. The predicted octanol–water partition coefficient (Wildman–Crippen LogP) is 8.78. The Morgan fingerprint density at radius 2 is 0.919 bits per heavy atom. The van der Waals surface area contributed by atoms with Crippen molar-refractivity contribution < 1.29 is 10.2 Å². The molecule has 2 heteroatoms. The van der Waals surface area contributed by atoms with Gasteiger partial charge in [0, 0.05) is 0 Å². The molecule has 0 aliphatic heterocycles. The number of hydrogen-bond donors (Lipinski definition) is 2. The summed E-state index contributed by atoms with van der Waals surface area (Å²) in [4.78, 5) is 0. The molecule has 0 bridgehead atoms. The predicted molar refractivity (Wildman–Crippen MR) is 149 cm³/mol. The maximum Gasteiger partial charge on any atom is 0.119 e. The van der Waals surface area contributed by atoms with Gasteiger partial charge in [0.05, 0.1) is 5.41 Å². The Labute approximate surface area is 219 Å². The summed E-state index contributed by atoms with van der Waals surface area (Å²) in [5, 5.41) is 21.9. The minimum Gasteiger partial charge on any atom is -0.508 e. The highest BCUT2D eigenvalue weighted by atomic mass is 16.3. The van der Waals surface area contributed by atoms with E-state index in [1.54, 1.807) is 0 Å². The van der Waals surface area contributed by atoms with Crippen LogP contribution in [0.5, 0.6) is 11.5 Å². The topological polar surface area (TPSA) is 40.5 Å². The van der Waals surface area contributed by atoms with Crippen LogP contribution < -0.4 is 0 Å². The maximum absolute atomic E-state index is 11.0. The average molecular weight is 487 g/mol. The van der Waals surface area contributed by atoms with Crippen LogP contribution in [0.3, 0.4) is 0 Å². The molecule has 2 saturated carbocycles. The van der Waals surface area contributed by atoms with Crippen LogP contribution in [0, 0.1) is 0 Å². The Morgan fingerprint density at radius 1 is 0.514 bits per heavy atom. The molecule has 0 spiro atoms. The van der Waals surface area contributed by atoms with Crippen molar-refractivity contribution >= 4 is 0 Å². The number of benzene rings is 4. The summed E-state index contributed by atoms with van der Waals surface area (Å²) in [7, 11) is 0. The molecule has 2 fully saturated rings. The lowest BCUT2D eigenvalue weighted by Crippen LogP contribution is -2.29. The van der Waals surface area contributed by atoms with Crippen LogP contribution in [0.1, 0.15) is 96.6 Å². The molecule has 0 heterocycles. The summed E-state index contributed by atoms with van der Waals surface area (Å²) in [5.41, 5.74) is 9.17. The molecule has 7 rings (SSSR count).